The first kappa shape index (κ1) is 16.1. The lowest BCUT2D eigenvalue weighted by atomic mass is 9.87. The minimum absolute atomic E-state index is 0.242. The van der Waals surface area contributed by atoms with Crippen molar-refractivity contribution in [3.05, 3.63) is 0 Å². The quantitative estimate of drug-likeness (QED) is 0.637. The van der Waals surface area contributed by atoms with Crippen LogP contribution in [0.1, 0.15) is 47.5 Å². The van der Waals surface area contributed by atoms with Crippen molar-refractivity contribution in [2.24, 2.45) is 11.1 Å². The molecule has 0 fully saturated rings. The maximum absolute atomic E-state index is 5.73. The van der Waals surface area contributed by atoms with E-state index < -0.39 is 9.28 Å². The van der Waals surface area contributed by atoms with Crippen LogP contribution in [0, 0.1) is 5.41 Å². The second-order valence-electron chi connectivity index (χ2n) is 5.16. The molecule has 0 aromatic rings. The topological polar surface area (TPSA) is 44.5 Å². The lowest BCUT2D eigenvalue weighted by Gasteiger charge is -2.27. The second-order valence-corrected chi connectivity index (χ2v) is 7.70. The van der Waals surface area contributed by atoms with Crippen molar-refractivity contribution in [3.8, 4) is 0 Å². The molecule has 4 heteroatoms. The van der Waals surface area contributed by atoms with E-state index in [9.17, 15) is 0 Å². The standard InChI is InChI=1S/C12H29NO2Si/c1-6-14-16(15-7-2)11(3)8-9-12(4,5)10-13/h11,16H,6-10,13H2,1-5H3. The predicted molar refractivity (Wildman–Crippen MR) is 71.9 cm³/mol. The SMILES string of the molecule is CCO[SiH](OCC)C(C)CCC(C)(C)CN. The van der Waals surface area contributed by atoms with Crippen molar-refractivity contribution in [1.29, 1.82) is 0 Å². The Hall–Kier alpha value is 0.0969. The van der Waals surface area contributed by atoms with Crippen LogP contribution in [0.3, 0.4) is 0 Å². The summed E-state index contributed by atoms with van der Waals surface area (Å²) >= 11 is 0. The van der Waals surface area contributed by atoms with Crippen LogP contribution >= 0.6 is 0 Å². The monoisotopic (exact) mass is 247 g/mol. The van der Waals surface area contributed by atoms with Crippen LogP contribution in [0.4, 0.5) is 0 Å². The summed E-state index contributed by atoms with van der Waals surface area (Å²) in [6.45, 7) is 13.0. The second kappa shape index (κ2) is 8.23. The summed E-state index contributed by atoms with van der Waals surface area (Å²) in [7, 11) is -1.47. The first-order valence-corrected chi connectivity index (χ1v) is 8.01. The Morgan fingerprint density at radius 2 is 1.69 bits per heavy atom. The Labute approximate surface area is 103 Å². The molecule has 0 bridgehead atoms. The Kier molecular flexibility index (Phi) is 8.28. The third-order valence-corrected chi connectivity index (χ3v) is 5.54. The van der Waals surface area contributed by atoms with E-state index in [2.05, 4.69) is 20.8 Å². The molecule has 0 aromatic carbocycles. The van der Waals surface area contributed by atoms with E-state index in [-0.39, 0.29) is 5.41 Å². The first-order valence-electron chi connectivity index (χ1n) is 6.40. The fourth-order valence-electron chi connectivity index (χ4n) is 1.56. The van der Waals surface area contributed by atoms with Gasteiger partial charge in [-0.2, -0.15) is 0 Å². The fraction of sp³-hybridized carbons (Fsp3) is 1.00. The Morgan fingerprint density at radius 1 is 1.19 bits per heavy atom. The van der Waals surface area contributed by atoms with Crippen molar-refractivity contribution in [2.75, 3.05) is 19.8 Å². The molecule has 0 saturated heterocycles. The zero-order chi connectivity index (χ0) is 12.6. The highest BCUT2D eigenvalue weighted by atomic mass is 28.3. The molecule has 3 nitrogen and oxygen atoms in total. The van der Waals surface area contributed by atoms with E-state index in [4.69, 9.17) is 14.6 Å². The zero-order valence-corrected chi connectivity index (χ0v) is 12.7. The maximum Gasteiger partial charge on any atom is 0.324 e. The molecule has 0 rings (SSSR count). The van der Waals surface area contributed by atoms with Crippen LogP contribution in [0.5, 0.6) is 0 Å². The molecule has 0 saturated carbocycles. The normalized spacial score (nSPS) is 14.4. The van der Waals surface area contributed by atoms with E-state index in [0.717, 1.165) is 32.6 Å². The number of rotatable bonds is 9. The Balaban J connectivity index is 4.04. The fourth-order valence-corrected chi connectivity index (χ4v) is 3.41. The van der Waals surface area contributed by atoms with Gasteiger partial charge in [-0.1, -0.05) is 20.8 Å². The van der Waals surface area contributed by atoms with E-state index >= 15 is 0 Å². The van der Waals surface area contributed by atoms with Crippen molar-refractivity contribution >= 4 is 9.28 Å². The van der Waals surface area contributed by atoms with Gasteiger partial charge >= 0.3 is 9.28 Å². The van der Waals surface area contributed by atoms with Crippen molar-refractivity contribution in [3.63, 3.8) is 0 Å². The molecule has 0 spiro atoms. The molecule has 0 radical (unpaired) electrons. The molecule has 16 heavy (non-hydrogen) atoms. The third kappa shape index (κ3) is 6.63. The van der Waals surface area contributed by atoms with Gasteiger partial charge in [-0.05, 0) is 44.2 Å². The molecule has 0 amide bonds. The summed E-state index contributed by atoms with van der Waals surface area (Å²) in [6, 6.07) is 0. The van der Waals surface area contributed by atoms with Gasteiger partial charge in [0.05, 0.1) is 0 Å². The summed E-state index contributed by atoms with van der Waals surface area (Å²) in [5.74, 6) is 0. The zero-order valence-electron chi connectivity index (χ0n) is 11.6. The summed E-state index contributed by atoms with van der Waals surface area (Å²) in [5.41, 5.74) is 6.54. The predicted octanol–water partition coefficient (Wildman–Crippen LogP) is 2.44. The Morgan fingerprint density at radius 3 is 2.06 bits per heavy atom. The summed E-state index contributed by atoms with van der Waals surface area (Å²) in [5, 5.41) is 0. The van der Waals surface area contributed by atoms with Crippen molar-refractivity contribution < 1.29 is 8.85 Å². The van der Waals surface area contributed by atoms with E-state index in [0.29, 0.717) is 5.54 Å². The average molecular weight is 247 g/mol. The number of hydrogen-bond donors (Lipinski definition) is 1. The lowest BCUT2D eigenvalue weighted by Crippen LogP contribution is -2.30. The van der Waals surface area contributed by atoms with Crippen LogP contribution in [0.2, 0.25) is 5.54 Å². The minimum Gasteiger partial charge on any atom is -0.397 e. The molecule has 0 heterocycles. The molecular formula is C12H29NO2Si. The van der Waals surface area contributed by atoms with Gasteiger partial charge in [-0.25, -0.2) is 0 Å². The van der Waals surface area contributed by atoms with E-state index in [1.54, 1.807) is 0 Å². The molecule has 0 aromatic heterocycles. The van der Waals surface area contributed by atoms with Crippen LogP contribution in [0.25, 0.3) is 0 Å². The molecule has 98 valence electrons. The van der Waals surface area contributed by atoms with Gasteiger partial charge in [0.15, 0.2) is 0 Å². The van der Waals surface area contributed by atoms with E-state index in [1.807, 2.05) is 13.8 Å². The average Bonchev–Trinajstić information content (AvgIpc) is 2.26. The third-order valence-electron chi connectivity index (χ3n) is 2.96. The highest BCUT2D eigenvalue weighted by Gasteiger charge is 2.24. The van der Waals surface area contributed by atoms with Gasteiger partial charge in [-0.3, -0.25) is 0 Å². The van der Waals surface area contributed by atoms with Gasteiger partial charge in [-0.15, -0.1) is 0 Å². The van der Waals surface area contributed by atoms with Crippen molar-refractivity contribution in [1.82, 2.24) is 0 Å². The number of nitrogens with two attached hydrogens (primary N) is 1. The molecular weight excluding hydrogens is 218 g/mol. The van der Waals surface area contributed by atoms with Gasteiger partial charge in [0.25, 0.3) is 0 Å². The first-order chi connectivity index (χ1) is 7.46. The number of hydrogen-bond acceptors (Lipinski definition) is 3. The molecule has 1 atom stereocenters. The molecule has 1 unspecified atom stereocenters. The highest BCUT2D eigenvalue weighted by Crippen LogP contribution is 2.27. The van der Waals surface area contributed by atoms with Crippen LogP contribution in [-0.4, -0.2) is 29.0 Å². The van der Waals surface area contributed by atoms with Crippen LogP contribution in [-0.2, 0) is 8.85 Å². The van der Waals surface area contributed by atoms with Crippen LogP contribution < -0.4 is 5.73 Å². The molecule has 0 aliphatic heterocycles. The summed E-state index contributed by atoms with van der Waals surface area (Å²) in [4.78, 5) is 0. The van der Waals surface area contributed by atoms with Crippen molar-refractivity contribution in [2.45, 2.75) is 53.0 Å². The molecule has 0 aliphatic rings. The summed E-state index contributed by atoms with van der Waals surface area (Å²) in [6.07, 6.45) is 2.30. The van der Waals surface area contributed by atoms with E-state index in [1.165, 1.54) is 0 Å². The highest BCUT2D eigenvalue weighted by molar-refractivity contribution is 6.46. The van der Waals surface area contributed by atoms with Gasteiger partial charge in [0.1, 0.15) is 0 Å². The molecule has 0 aliphatic carbocycles. The maximum atomic E-state index is 5.73. The van der Waals surface area contributed by atoms with Gasteiger partial charge in [0, 0.05) is 13.2 Å². The smallest absolute Gasteiger partial charge is 0.324 e. The lowest BCUT2D eigenvalue weighted by molar-refractivity contribution is 0.200. The van der Waals surface area contributed by atoms with Gasteiger partial charge in [0.2, 0.25) is 0 Å². The largest absolute Gasteiger partial charge is 0.397 e. The minimum atomic E-state index is -1.47. The Bertz CT molecular complexity index is 170. The van der Waals surface area contributed by atoms with Gasteiger partial charge < -0.3 is 14.6 Å². The summed E-state index contributed by atoms with van der Waals surface area (Å²) < 4.78 is 11.5. The van der Waals surface area contributed by atoms with Crippen LogP contribution in [0.15, 0.2) is 0 Å². The molecule has 2 N–H and O–H groups in total.